The van der Waals surface area contributed by atoms with Crippen LogP contribution in [-0.2, 0) is 4.79 Å². The van der Waals surface area contributed by atoms with Gasteiger partial charge in [0.25, 0.3) is 0 Å². The molecule has 0 heterocycles. The maximum Gasteiger partial charge on any atom is 0.573 e. The molecule has 1 rings (SSSR count). The monoisotopic (exact) mass is 326 g/mol. The van der Waals surface area contributed by atoms with Gasteiger partial charge >= 0.3 is 12.3 Å². The van der Waals surface area contributed by atoms with Gasteiger partial charge < -0.3 is 14.9 Å². The van der Waals surface area contributed by atoms with E-state index in [0.29, 0.717) is 6.08 Å². The number of halogens is 4. The molecule has 0 aliphatic rings. The summed E-state index contributed by atoms with van der Waals surface area (Å²) >= 11 is 2.92. The van der Waals surface area contributed by atoms with Crippen LogP contribution in [0.2, 0.25) is 0 Å². The van der Waals surface area contributed by atoms with Crippen LogP contribution in [0.4, 0.5) is 13.2 Å². The van der Waals surface area contributed by atoms with E-state index in [-0.39, 0.29) is 10.0 Å². The van der Waals surface area contributed by atoms with Crippen LogP contribution in [0.5, 0.6) is 11.5 Å². The molecule has 98 valence electrons. The lowest BCUT2D eigenvalue weighted by molar-refractivity contribution is -0.275. The lowest BCUT2D eigenvalue weighted by Gasteiger charge is -2.12. The Balaban J connectivity index is 3.18. The minimum atomic E-state index is -4.95. The third-order valence-electron chi connectivity index (χ3n) is 1.70. The van der Waals surface area contributed by atoms with E-state index < -0.39 is 23.8 Å². The number of hydrogen-bond acceptors (Lipinski definition) is 3. The largest absolute Gasteiger partial charge is 0.573 e. The number of carboxylic acids is 1. The van der Waals surface area contributed by atoms with E-state index >= 15 is 0 Å². The van der Waals surface area contributed by atoms with E-state index in [0.717, 1.165) is 12.1 Å². The topological polar surface area (TPSA) is 66.8 Å². The van der Waals surface area contributed by atoms with Crippen molar-refractivity contribution >= 4 is 28.0 Å². The van der Waals surface area contributed by atoms with Crippen LogP contribution in [0, 0.1) is 0 Å². The number of rotatable bonds is 3. The van der Waals surface area contributed by atoms with Crippen LogP contribution in [0.15, 0.2) is 22.7 Å². The van der Waals surface area contributed by atoms with Gasteiger partial charge in [-0.2, -0.15) is 0 Å². The summed E-state index contributed by atoms with van der Waals surface area (Å²) in [4.78, 5) is 10.3. The van der Waals surface area contributed by atoms with Crippen LogP contribution in [0.25, 0.3) is 6.08 Å². The summed E-state index contributed by atoms with van der Waals surface area (Å²) in [6.45, 7) is 0. The number of carboxylic acid groups (broad SMARTS) is 1. The van der Waals surface area contributed by atoms with Crippen molar-refractivity contribution in [2.24, 2.45) is 0 Å². The first-order valence-corrected chi connectivity index (χ1v) is 5.17. The molecule has 0 bridgehead atoms. The SMILES string of the molecule is O=C(O)/C=C/c1cc(Br)cc(OC(F)(F)F)c1O. The zero-order chi connectivity index (χ0) is 13.9. The number of aromatic hydroxyl groups is 1. The van der Waals surface area contributed by atoms with Crippen LogP contribution in [0.1, 0.15) is 5.56 Å². The molecule has 0 aliphatic carbocycles. The maximum absolute atomic E-state index is 12.0. The number of aliphatic carboxylic acids is 1. The number of phenols is 1. The number of alkyl halides is 3. The van der Waals surface area contributed by atoms with Crippen molar-refractivity contribution < 1.29 is 32.9 Å². The average Bonchev–Trinajstić information content (AvgIpc) is 2.18. The first-order valence-electron chi connectivity index (χ1n) is 4.38. The summed E-state index contributed by atoms with van der Waals surface area (Å²) in [5.41, 5.74) is -0.119. The Morgan fingerprint density at radius 1 is 1.39 bits per heavy atom. The second kappa shape index (κ2) is 5.30. The number of phenolic OH excluding ortho intramolecular Hbond substituents is 1. The predicted molar refractivity (Wildman–Crippen MR) is 59.2 cm³/mol. The van der Waals surface area contributed by atoms with Crippen LogP contribution < -0.4 is 4.74 Å². The molecule has 4 nitrogen and oxygen atoms in total. The highest BCUT2D eigenvalue weighted by Crippen LogP contribution is 2.37. The minimum Gasteiger partial charge on any atom is -0.504 e. The molecule has 0 aliphatic heterocycles. The molecular formula is C10H6BrF3O4. The number of ether oxygens (including phenoxy) is 1. The molecule has 1 aromatic rings. The quantitative estimate of drug-likeness (QED) is 0.837. The zero-order valence-corrected chi connectivity index (χ0v) is 10.1. The van der Waals surface area contributed by atoms with Crippen molar-refractivity contribution in [3.8, 4) is 11.5 Å². The molecule has 0 atom stereocenters. The molecule has 18 heavy (non-hydrogen) atoms. The van der Waals surface area contributed by atoms with E-state index in [9.17, 15) is 23.1 Å². The summed E-state index contributed by atoms with van der Waals surface area (Å²) in [7, 11) is 0. The molecule has 0 radical (unpaired) electrons. The molecule has 1 aromatic carbocycles. The van der Waals surface area contributed by atoms with E-state index in [4.69, 9.17) is 5.11 Å². The Hall–Kier alpha value is -1.70. The molecule has 0 saturated carbocycles. The fourth-order valence-corrected chi connectivity index (χ4v) is 1.54. The molecular weight excluding hydrogens is 321 g/mol. The van der Waals surface area contributed by atoms with Crippen LogP contribution >= 0.6 is 15.9 Å². The summed E-state index contributed by atoms with van der Waals surface area (Å²) in [6.07, 6.45) is -3.32. The van der Waals surface area contributed by atoms with E-state index in [1.165, 1.54) is 6.07 Å². The van der Waals surface area contributed by atoms with Gasteiger partial charge in [-0.1, -0.05) is 15.9 Å². The highest BCUT2D eigenvalue weighted by Gasteiger charge is 2.32. The molecule has 0 unspecified atom stereocenters. The van der Waals surface area contributed by atoms with Gasteiger partial charge in [-0.3, -0.25) is 0 Å². The predicted octanol–water partition coefficient (Wildman–Crippen LogP) is 3.15. The van der Waals surface area contributed by atoms with Gasteiger partial charge in [0.2, 0.25) is 0 Å². The number of carbonyl (C=O) groups is 1. The number of benzene rings is 1. The van der Waals surface area contributed by atoms with Crippen molar-refractivity contribution in [3.05, 3.63) is 28.2 Å². The fourth-order valence-electron chi connectivity index (χ4n) is 1.09. The van der Waals surface area contributed by atoms with Gasteiger partial charge in [0.15, 0.2) is 11.5 Å². The summed E-state index contributed by atoms with van der Waals surface area (Å²) in [5, 5.41) is 17.9. The lowest BCUT2D eigenvalue weighted by atomic mass is 10.1. The van der Waals surface area contributed by atoms with E-state index in [1.807, 2.05) is 0 Å². The summed E-state index contributed by atoms with van der Waals surface area (Å²) in [5.74, 6) is -2.91. The minimum absolute atomic E-state index is 0.119. The summed E-state index contributed by atoms with van der Waals surface area (Å²) in [6, 6.07) is 2.17. The van der Waals surface area contributed by atoms with Crippen molar-refractivity contribution in [1.82, 2.24) is 0 Å². The van der Waals surface area contributed by atoms with Crippen molar-refractivity contribution in [3.63, 3.8) is 0 Å². The highest BCUT2D eigenvalue weighted by molar-refractivity contribution is 9.10. The maximum atomic E-state index is 12.0. The normalized spacial score (nSPS) is 11.8. The Morgan fingerprint density at radius 2 is 2.00 bits per heavy atom. The molecule has 8 heteroatoms. The van der Waals surface area contributed by atoms with Crippen LogP contribution in [0.3, 0.4) is 0 Å². The van der Waals surface area contributed by atoms with Crippen molar-refractivity contribution in [2.45, 2.75) is 6.36 Å². The Morgan fingerprint density at radius 3 is 2.50 bits per heavy atom. The average molecular weight is 327 g/mol. The third-order valence-corrected chi connectivity index (χ3v) is 2.16. The summed E-state index contributed by atoms with van der Waals surface area (Å²) < 4.78 is 39.9. The molecule has 0 fully saturated rings. The van der Waals surface area contributed by atoms with Gasteiger partial charge in [-0.15, -0.1) is 13.2 Å². The Kier molecular flexibility index (Phi) is 4.23. The molecule has 0 spiro atoms. The second-order valence-electron chi connectivity index (χ2n) is 3.06. The van der Waals surface area contributed by atoms with Crippen molar-refractivity contribution in [2.75, 3.05) is 0 Å². The first-order chi connectivity index (χ1) is 8.19. The first kappa shape index (κ1) is 14.4. The highest BCUT2D eigenvalue weighted by atomic mass is 79.9. The lowest BCUT2D eigenvalue weighted by Crippen LogP contribution is -2.17. The molecule has 0 aromatic heterocycles. The number of hydrogen-bond donors (Lipinski definition) is 2. The van der Waals surface area contributed by atoms with Gasteiger partial charge in [0.1, 0.15) is 0 Å². The van der Waals surface area contributed by atoms with Crippen LogP contribution in [-0.4, -0.2) is 22.5 Å². The third kappa shape index (κ3) is 4.28. The molecule has 0 amide bonds. The molecule has 2 N–H and O–H groups in total. The zero-order valence-electron chi connectivity index (χ0n) is 8.53. The van der Waals surface area contributed by atoms with Gasteiger partial charge in [0.05, 0.1) is 0 Å². The smallest absolute Gasteiger partial charge is 0.504 e. The van der Waals surface area contributed by atoms with Crippen molar-refractivity contribution in [1.29, 1.82) is 0 Å². The van der Waals surface area contributed by atoms with E-state index in [1.54, 1.807) is 0 Å². The van der Waals surface area contributed by atoms with Gasteiger partial charge in [-0.25, -0.2) is 4.79 Å². The van der Waals surface area contributed by atoms with Gasteiger partial charge in [-0.05, 0) is 18.2 Å². The van der Waals surface area contributed by atoms with E-state index in [2.05, 4.69) is 20.7 Å². The fraction of sp³-hybridized carbons (Fsp3) is 0.100. The molecule has 0 saturated heterocycles. The Labute approximate surface area is 107 Å². The van der Waals surface area contributed by atoms with Gasteiger partial charge in [0, 0.05) is 16.1 Å². The second-order valence-corrected chi connectivity index (χ2v) is 3.98. The standard InChI is InChI=1S/C10H6BrF3O4/c11-6-3-5(1-2-8(15)16)9(17)7(4-6)18-10(12,13)14/h1-4,17H,(H,15,16)/b2-1+. The Bertz CT molecular complexity index is 497.